The third kappa shape index (κ3) is 3.88. The average molecular weight is 336 g/mol. The number of benzene rings is 2. The Kier molecular flexibility index (Phi) is 5.14. The Morgan fingerprint density at radius 1 is 1.16 bits per heavy atom. The molecule has 25 heavy (non-hydrogen) atoms. The second-order valence-electron chi connectivity index (χ2n) is 6.32. The molecule has 0 aliphatic carbocycles. The predicted molar refractivity (Wildman–Crippen MR) is 100 cm³/mol. The summed E-state index contributed by atoms with van der Waals surface area (Å²) in [4.78, 5) is 14.8. The molecule has 0 aliphatic rings. The van der Waals surface area contributed by atoms with Crippen molar-refractivity contribution in [1.29, 1.82) is 0 Å². The van der Waals surface area contributed by atoms with Crippen molar-refractivity contribution in [3.63, 3.8) is 0 Å². The first kappa shape index (κ1) is 17.2. The number of para-hydroxylation sites is 1. The number of hydrogen-bond donors (Lipinski definition) is 1. The van der Waals surface area contributed by atoms with Crippen LogP contribution in [0, 0.1) is 0 Å². The van der Waals surface area contributed by atoms with Crippen molar-refractivity contribution in [1.82, 2.24) is 20.0 Å². The summed E-state index contributed by atoms with van der Waals surface area (Å²) < 4.78 is 1.74. The number of hydrogen-bond acceptors (Lipinski definition) is 3. The highest BCUT2D eigenvalue weighted by Crippen LogP contribution is 2.17. The van der Waals surface area contributed by atoms with Crippen LogP contribution in [0.25, 0.3) is 10.9 Å². The number of aryl methyl sites for hydroxylation is 1. The van der Waals surface area contributed by atoms with Crippen LogP contribution in [0.3, 0.4) is 0 Å². The minimum Gasteiger partial charge on any atom is -0.347 e. The van der Waals surface area contributed by atoms with E-state index in [1.54, 1.807) is 4.68 Å². The quantitative estimate of drug-likeness (QED) is 0.753. The molecule has 0 spiro atoms. The van der Waals surface area contributed by atoms with Crippen molar-refractivity contribution in [3.05, 3.63) is 65.4 Å². The van der Waals surface area contributed by atoms with Gasteiger partial charge < -0.3 is 10.2 Å². The van der Waals surface area contributed by atoms with E-state index in [9.17, 15) is 4.79 Å². The Balaban J connectivity index is 1.71. The van der Waals surface area contributed by atoms with Crippen LogP contribution in [-0.2, 0) is 20.1 Å². The number of fused-ring (bicyclic) bond motifs is 1. The fourth-order valence-corrected chi connectivity index (χ4v) is 2.91. The molecule has 130 valence electrons. The minimum absolute atomic E-state index is 0.145. The molecule has 3 aromatic rings. The molecule has 1 heterocycles. The lowest BCUT2D eigenvalue weighted by Gasteiger charge is -2.14. The van der Waals surface area contributed by atoms with Crippen molar-refractivity contribution in [2.24, 2.45) is 7.05 Å². The highest BCUT2D eigenvalue weighted by molar-refractivity contribution is 6.04. The van der Waals surface area contributed by atoms with Crippen molar-refractivity contribution in [2.75, 3.05) is 13.6 Å². The number of nitrogens with zero attached hydrogens (tertiary/aromatic N) is 3. The Bertz CT molecular complexity index is 884. The molecule has 5 heteroatoms. The summed E-state index contributed by atoms with van der Waals surface area (Å²) in [5.41, 5.74) is 3.77. The van der Waals surface area contributed by atoms with E-state index in [0.717, 1.165) is 29.6 Å². The average Bonchev–Trinajstić information content (AvgIpc) is 2.97. The zero-order valence-electron chi connectivity index (χ0n) is 15.0. The lowest BCUT2D eigenvalue weighted by Crippen LogP contribution is -2.24. The largest absolute Gasteiger partial charge is 0.347 e. The van der Waals surface area contributed by atoms with Gasteiger partial charge in [0, 0.05) is 25.5 Å². The first-order chi connectivity index (χ1) is 12.1. The lowest BCUT2D eigenvalue weighted by molar-refractivity contribution is 0.0946. The number of nitrogens with one attached hydrogen (secondary N) is 1. The van der Waals surface area contributed by atoms with Crippen LogP contribution in [0.5, 0.6) is 0 Å². The molecule has 0 bridgehead atoms. The molecular formula is C20H24N4O. The number of carbonyl (C=O) groups excluding carboxylic acids is 1. The highest BCUT2D eigenvalue weighted by atomic mass is 16.1. The van der Waals surface area contributed by atoms with E-state index in [-0.39, 0.29) is 5.91 Å². The van der Waals surface area contributed by atoms with Crippen LogP contribution in [0.1, 0.15) is 28.5 Å². The van der Waals surface area contributed by atoms with Crippen LogP contribution < -0.4 is 5.32 Å². The van der Waals surface area contributed by atoms with Crippen LogP contribution in [0.4, 0.5) is 0 Å². The maximum Gasteiger partial charge on any atom is 0.272 e. The zero-order chi connectivity index (χ0) is 17.8. The Morgan fingerprint density at radius 3 is 2.72 bits per heavy atom. The zero-order valence-corrected chi connectivity index (χ0v) is 15.0. The molecule has 1 N–H and O–H groups in total. The van der Waals surface area contributed by atoms with Gasteiger partial charge in [-0.2, -0.15) is 5.10 Å². The van der Waals surface area contributed by atoms with Crippen LogP contribution in [0.15, 0.2) is 48.5 Å². The van der Waals surface area contributed by atoms with E-state index in [4.69, 9.17) is 0 Å². The van der Waals surface area contributed by atoms with Gasteiger partial charge in [-0.3, -0.25) is 9.48 Å². The number of carbonyl (C=O) groups is 1. The Morgan fingerprint density at radius 2 is 1.92 bits per heavy atom. The van der Waals surface area contributed by atoms with Crippen molar-refractivity contribution < 1.29 is 4.79 Å². The van der Waals surface area contributed by atoms with E-state index in [1.165, 1.54) is 5.56 Å². The predicted octanol–water partition coefficient (Wildman–Crippen LogP) is 2.96. The summed E-state index contributed by atoms with van der Waals surface area (Å²) in [7, 11) is 3.95. The normalized spacial score (nSPS) is 11.2. The van der Waals surface area contributed by atoms with Crippen LogP contribution in [-0.4, -0.2) is 34.2 Å². The molecule has 1 amide bonds. The maximum absolute atomic E-state index is 12.6. The summed E-state index contributed by atoms with van der Waals surface area (Å²) in [5.74, 6) is -0.145. The molecule has 0 saturated heterocycles. The summed E-state index contributed by atoms with van der Waals surface area (Å²) in [6.45, 7) is 4.55. The summed E-state index contributed by atoms with van der Waals surface area (Å²) >= 11 is 0. The SMILES string of the molecule is CCN(C)Cc1cccc(CNC(=O)c2nn(C)c3ccccc23)c1. The molecule has 3 rings (SSSR count). The summed E-state index contributed by atoms with van der Waals surface area (Å²) in [5, 5.41) is 8.23. The first-order valence-corrected chi connectivity index (χ1v) is 8.54. The second-order valence-corrected chi connectivity index (χ2v) is 6.32. The van der Waals surface area contributed by atoms with Gasteiger partial charge in [0.15, 0.2) is 5.69 Å². The van der Waals surface area contributed by atoms with Gasteiger partial charge in [0.2, 0.25) is 0 Å². The molecular weight excluding hydrogens is 312 g/mol. The van der Waals surface area contributed by atoms with Gasteiger partial charge in [0.05, 0.1) is 5.52 Å². The lowest BCUT2D eigenvalue weighted by atomic mass is 10.1. The topological polar surface area (TPSA) is 50.2 Å². The van der Waals surface area contributed by atoms with Gasteiger partial charge in [0.1, 0.15) is 0 Å². The van der Waals surface area contributed by atoms with Crippen molar-refractivity contribution >= 4 is 16.8 Å². The Labute approximate surface area is 148 Å². The minimum atomic E-state index is -0.145. The molecule has 0 aliphatic heterocycles. The van der Waals surface area contributed by atoms with E-state index < -0.39 is 0 Å². The second kappa shape index (κ2) is 7.49. The van der Waals surface area contributed by atoms with Crippen molar-refractivity contribution in [2.45, 2.75) is 20.0 Å². The summed E-state index contributed by atoms with van der Waals surface area (Å²) in [6.07, 6.45) is 0. The molecule has 2 aromatic carbocycles. The molecule has 0 saturated carbocycles. The maximum atomic E-state index is 12.6. The molecule has 5 nitrogen and oxygen atoms in total. The first-order valence-electron chi connectivity index (χ1n) is 8.54. The van der Waals surface area contributed by atoms with Gasteiger partial charge in [-0.05, 0) is 30.8 Å². The van der Waals surface area contributed by atoms with Crippen LogP contribution >= 0.6 is 0 Å². The van der Waals surface area contributed by atoms with E-state index in [2.05, 4.69) is 41.4 Å². The fourth-order valence-electron chi connectivity index (χ4n) is 2.91. The van der Waals surface area contributed by atoms with Crippen molar-refractivity contribution in [3.8, 4) is 0 Å². The molecule has 0 radical (unpaired) electrons. The molecule has 0 unspecified atom stereocenters. The number of amides is 1. The third-order valence-electron chi connectivity index (χ3n) is 4.41. The third-order valence-corrected chi connectivity index (χ3v) is 4.41. The van der Waals surface area contributed by atoms with Gasteiger partial charge in [0.25, 0.3) is 5.91 Å². The van der Waals surface area contributed by atoms with Gasteiger partial charge in [-0.1, -0.05) is 49.4 Å². The number of rotatable bonds is 6. The van der Waals surface area contributed by atoms with Gasteiger partial charge in [-0.25, -0.2) is 0 Å². The van der Waals surface area contributed by atoms with Crippen LogP contribution in [0.2, 0.25) is 0 Å². The Hall–Kier alpha value is -2.66. The fraction of sp³-hybridized carbons (Fsp3) is 0.300. The summed E-state index contributed by atoms with van der Waals surface area (Å²) in [6, 6.07) is 16.1. The molecule has 0 atom stereocenters. The monoisotopic (exact) mass is 336 g/mol. The van der Waals surface area contributed by atoms with Gasteiger partial charge in [-0.15, -0.1) is 0 Å². The molecule has 0 fully saturated rings. The highest BCUT2D eigenvalue weighted by Gasteiger charge is 2.15. The number of aromatic nitrogens is 2. The van der Waals surface area contributed by atoms with E-state index in [0.29, 0.717) is 12.2 Å². The standard InChI is InChI=1S/C20H24N4O/c1-4-23(2)14-16-9-7-8-15(12-16)13-21-20(25)19-17-10-5-6-11-18(17)24(3)22-19/h5-12H,4,13-14H2,1-3H3,(H,21,25). The van der Waals surface area contributed by atoms with E-state index >= 15 is 0 Å². The smallest absolute Gasteiger partial charge is 0.272 e. The van der Waals surface area contributed by atoms with E-state index in [1.807, 2.05) is 43.4 Å². The molecule has 1 aromatic heterocycles. The van der Waals surface area contributed by atoms with Gasteiger partial charge >= 0.3 is 0 Å².